The van der Waals surface area contributed by atoms with Crippen LogP contribution in [0.1, 0.15) is 43.1 Å². The minimum absolute atomic E-state index is 0.0199. The number of aryl methyl sites for hydroxylation is 1. The van der Waals surface area contributed by atoms with E-state index in [0.29, 0.717) is 10.7 Å². The van der Waals surface area contributed by atoms with Crippen molar-refractivity contribution in [2.24, 2.45) is 5.92 Å². The average molecular weight is 269 g/mol. The molecule has 2 saturated heterocycles. The zero-order chi connectivity index (χ0) is 12.7. The van der Waals surface area contributed by atoms with Crippen LogP contribution in [0.25, 0.3) is 0 Å². The fraction of sp³-hybridized carbons (Fsp3) is 0.692. The SMILES string of the molecule is CCCn1ncc(Cl)c1C(=O)C1CC2CCC1O2. The van der Waals surface area contributed by atoms with Crippen LogP contribution in [0.3, 0.4) is 0 Å². The van der Waals surface area contributed by atoms with Crippen LogP contribution in [0.2, 0.25) is 5.02 Å². The number of Topliss-reactive ketones (excluding diaryl/α,β-unsaturated/α-hetero) is 1. The van der Waals surface area contributed by atoms with Crippen molar-refractivity contribution in [3.8, 4) is 0 Å². The molecular formula is C13H17ClN2O2. The second-order valence-electron chi connectivity index (χ2n) is 5.14. The van der Waals surface area contributed by atoms with E-state index in [2.05, 4.69) is 12.0 Å². The number of carbonyl (C=O) groups excluding carboxylic acids is 1. The third kappa shape index (κ3) is 1.88. The smallest absolute Gasteiger partial charge is 0.188 e. The fourth-order valence-corrected chi connectivity index (χ4v) is 3.31. The van der Waals surface area contributed by atoms with Gasteiger partial charge in [-0.15, -0.1) is 0 Å². The number of fused-ring (bicyclic) bond motifs is 2. The first-order valence-electron chi connectivity index (χ1n) is 6.61. The summed E-state index contributed by atoms with van der Waals surface area (Å²) in [6.07, 6.45) is 5.83. The predicted octanol–water partition coefficient (Wildman–Crippen LogP) is 2.70. The molecule has 1 aromatic heterocycles. The van der Waals surface area contributed by atoms with Crippen molar-refractivity contribution in [3.63, 3.8) is 0 Å². The zero-order valence-electron chi connectivity index (χ0n) is 10.4. The molecule has 18 heavy (non-hydrogen) atoms. The second-order valence-corrected chi connectivity index (χ2v) is 5.55. The molecule has 2 aliphatic rings. The van der Waals surface area contributed by atoms with E-state index in [4.69, 9.17) is 16.3 Å². The molecule has 3 rings (SSSR count). The summed E-state index contributed by atoms with van der Waals surface area (Å²) in [6.45, 7) is 2.79. The van der Waals surface area contributed by atoms with Crippen molar-refractivity contribution >= 4 is 17.4 Å². The minimum atomic E-state index is -0.0199. The maximum absolute atomic E-state index is 12.6. The van der Waals surface area contributed by atoms with Crippen molar-refractivity contribution in [2.45, 2.75) is 51.4 Å². The van der Waals surface area contributed by atoms with Gasteiger partial charge in [0.05, 0.1) is 29.3 Å². The topological polar surface area (TPSA) is 44.1 Å². The van der Waals surface area contributed by atoms with Crippen molar-refractivity contribution in [1.29, 1.82) is 0 Å². The molecular weight excluding hydrogens is 252 g/mol. The van der Waals surface area contributed by atoms with Gasteiger partial charge in [-0.2, -0.15) is 5.10 Å². The van der Waals surface area contributed by atoms with E-state index >= 15 is 0 Å². The molecule has 2 fully saturated rings. The molecule has 1 aromatic rings. The van der Waals surface area contributed by atoms with Crippen LogP contribution in [-0.4, -0.2) is 27.8 Å². The summed E-state index contributed by atoms with van der Waals surface area (Å²) in [5.74, 6) is 0.0895. The molecule has 0 spiro atoms. The van der Waals surface area contributed by atoms with E-state index in [1.165, 1.54) is 0 Å². The molecule has 0 saturated carbocycles. The van der Waals surface area contributed by atoms with Gasteiger partial charge < -0.3 is 4.74 Å². The van der Waals surface area contributed by atoms with Crippen LogP contribution in [-0.2, 0) is 11.3 Å². The van der Waals surface area contributed by atoms with Gasteiger partial charge in [-0.1, -0.05) is 18.5 Å². The van der Waals surface area contributed by atoms with Gasteiger partial charge in [0, 0.05) is 6.54 Å². The van der Waals surface area contributed by atoms with Crippen molar-refractivity contribution in [1.82, 2.24) is 9.78 Å². The molecule has 98 valence electrons. The Morgan fingerprint density at radius 2 is 2.44 bits per heavy atom. The van der Waals surface area contributed by atoms with E-state index in [1.54, 1.807) is 10.9 Å². The van der Waals surface area contributed by atoms with Crippen LogP contribution >= 0.6 is 11.6 Å². The zero-order valence-corrected chi connectivity index (χ0v) is 11.2. The number of nitrogens with zero attached hydrogens (tertiary/aromatic N) is 2. The number of aromatic nitrogens is 2. The van der Waals surface area contributed by atoms with Gasteiger partial charge in [0.1, 0.15) is 5.69 Å². The van der Waals surface area contributed by atoms with E-state index in [0.717, 1.165) is 32.2 Å². The minimum Gasteiger partial charge on any atom is -0.374 e. The normalized spacial score (nSPS) is 30.0. The molecule has 0 aromatic carbocycles. The Balaban J connectivity index is 1.86. The molecule has 0 N–H and O–H groups in total. The number of hydrogen-bond acceptors (Lipinski definition) is 3. The summed E-state index contributed by atoms with van der Waals surface area (Å²) in [4.78, 5) is 12.6. The van der Waals surface area contributed by atoms with Crippen molar-refractivity contribution in [3.05, 3.63) is 16.9 Å². The molecule has 0 amide bonds. The predicted molar refractivity (Wildman–Crippen MR) is 67.9 cm³/mol. The molecule has 3 unspecified atom stereocenters. The number of halogens is 1. The van der Waals surface area contributed by atoms with E-state index in [9.17, 15) is 4.79 Å². The van der Waals surface area contributed by atoms with Crippen LogP contribution in [0.4, 0.5) is 0 Å². The fourth-order valence-electron chi connectivity index (χ4n) is 3.08. The lowest BCUT2D eigenvalue weighted by atomic mass is 9.85. The van der Waals surface area contributed by atoms with Gasteiger partial charge in [-0.3, -0.25) is 9.48 Å². The molecule has 0 radical (unpaired) electrons. The Bertz CT molecular complexity index is 472. The van der Waals surface area contributed by atoms with E-state index < -0.39 is 0 Å². The lowest BCUT2D eigenvalue weighted by molar-refractivity contribution is 0.0735. The van der Waals surface area contributed by atoms with Gasteiger partial charge in [-0.25, -0.2) is 0 Å². The number of ether oxygens (including phenoxy) is 1. The number of ketones is 1. The summed E-state index contributed by atoms with van der Waals surface area (Å²) in [7, 11) is 0. The van der Waals surface area contributed by atoms with Crippen LogP contribution in [0.5, 0.6) is 0 Å². The number of rotatable bonds is 4. The lowest BCUT2D eigenvalue weighted by Gasteiger charge is -2.18. The second kappa shape index (κ2) is 4.67. The Kier molecular flexibility index (Phi) is 3.16. The molecule has 3 heterocycles. The van der Waals surface area contributed by atoms with E-state index in [-0.39, 0.29) is 23.9 Å². The first-order chi connectivity index (χ1) is 8.70. The molecule has 2 bridgehead atoms. The lowest BCUT2D eigenvalue weighted by Crippen LogP contribution is -2.27. The summed E-state index contributed by atoms with van der Waals surface area (Å²) < 4.78 is 7.48. The Morgan fingerprint density at radius 1 is 1.61 bits per heavy atom. The summed E-state index contributed by atoms with van der Waals surface area (Å²) >= 11 is 6.11. The third-order valence-electron chi connectivity index (χ3n) is 3.91. The molecule has 5 heteroatoms. The molecule has 2 aliphatic heterocycles. The summed E-state index contributed by atoms with van der Waals surface area (Å²) in [5, 5.41) is 4.65. The van der Waals surface area contributed by atoms with Gasteiger partial charge in [-0.05, 0) is 25.7 Å². The monoisotopic (exact) mass is 268 g/mol. The number of carbonyl (C=O) groups is 1. The van der Waals surface area contributed by atoms with Gasteiger partial charge >= 0.3 is 0 Å². The molecule has 3 atom stereocenters. The average Bonchev–Trinajstić information content (AvgIpc) is 3.04. The van der Waals surface area contributed by atoms with Gasteiger partial charge in [0.25, 0.3) is 0 Å². The first-order valence-corrected chi connectivity index (χ1v) is 6.99. The largest absolute Gasteiger partial charge is 0.374 e. The van der Waals surface area contributed by atoms with Crippen LogP contribution < -0.4 is 0 Å². The summed E-state index contributed by atoms with van der Waals surface area (Å²) in [5.41, 5.74) is 0.569. The van der Waals surface area contributed by atoms with Crippen LogP contribution in [0, 0.1) is 5.92 Å². The number of hydrogen-bond donors (Lipinski definition) is 0. The highest BCUT2D eigenvalue weighted by Crippen LogP contribution is 2.40. The highest BCUT2D eigenvalue weighted by atomic mass is 35.5. The highest BCUT2D eigenvalue weighted by molar-refractivity contribution is 6.33. The Morgan fingerprint density at radius 3 is 3.06 bits per heavy atom. The highest BCUT2D eigenvalue weighted by Gasteiger charge is 2.45. The molecule has 4 nitrogen and oxygen atoms in total. The Hall–Kier alpha value is -0.870. The standard InChI is InChI=1S/C13H17ClN2O2/c1-2-5-16-12(10(14)7-15-16)13(17)9-6-8-3-4-11(9)18-8/h7-9,11H,2-6H2,1H3. The summed E-state index contributed by atoms with van der Waals surface area (Å²) in [6, 6.07) is 0. The first kappa shape index (κ1) is 12.2. The quantitative estimate of drug-likeness (QED) is 0.789. The van der Waals surface area contributed by atoms with Gasteiger partial charge in [0.15, 0.2) is 5.78 Å². The Labute approximate surface area is 111 Å². The molecule has 0 aliphatic carbocycles. The van der Waals surface area contributed by atoms with Crippen molar-refractivity contribution < 1.29 is 9.53 Å². The maximum atomic E-state index is 12.6. The third-order valence-corrected chi connectivity index (χ3v) is 4.18. The van der Waals surface area contributed by atoms with E-state index in [1.807, 2.05) is 0 Å². The maximum Gasteiger partial charge on any atom is 0.188 e. The van der Waals surface area contributed by atoms with Crippen LogP contribution in [0.15, 0.2) is 6.20 Å². The van der Waals surface area contributed by atoms with Crippen molar-refractivity contribution in [2.75, 3.05) is 0 Å². The van der Waals surface area contributed by atoms with Gasteiger partial charge in [0.2, 0.25) is 0 Å².